The summed E-state index contributed by atoms with van der Waals surface area (Å²) < 4.78 is 13.8. The predicted molar refractivity (Wildman–Crippen MR) is 113 cm³/mol. The van der Waals surface area contributed by atoms with Crippen LogP contribution in [-0.2, 0) is 6.42 Å². The molecular weight excluding hydrogens is 363 g/mol. The second kappa shape index (κ2) is 8.23. The Morgan fingerprint density at radius 1 is 0.966 bits per heavy atom. The molecule has 0 saturated heterocycles. The van der Waals surface area contributed by atoms with Crippen molar-refractivity contribution in [2.45, 2.75) is 19.4 Å². The number of pyridine rings is 1. The lowest BCUT2D eigenvalue weighted by Crippen LogP contribution is -2.30. The quantitative estimate of drug-likeness (QED) is 0.501. The van der Waals surface area contributed by atoms with Crippen molar-refractivity contribution in [3.63, 3.8) is 0 Å². The summed E-state index contributed by atoms with van der Waals surface area (Å²) >= 11 is 0. The molecule has 0 saturated carbocycles. The maximum Gasteiger partial charge on any atom is 0.252 e. The molecule has 0 spiro atoms. The normalized spacial score (nSPS) is 11.9. The van der Waals surface area contributed by atoms with Crippen LogP contribution in [-0.4, -0.2) is 10.9 Å². The SMILES string of the molecule is Cc1cc(C(=O)NC(Cc2ccccc2)c2ccccc2)c2cc(F)ccc2n1. The van der Waals surface area contributed by atoms with E-state index in [1.807, 2.05) is 67.6 Å². The van der Waals surface area contributed by atoms with E-state index in [0.29, 0.717) is 28.6 Å². The summed E-state index contributed by atoms with van der Waals surface area (Å²) in [4.78, 5) is 17.7. The van der Waals surface area contributed by atoms with Crippen molar-refractivity contribution in [3.8, 4) is 0 Å². The van der Waals surface area contributed by atoms with Crippen LogP contribution in [0.5, 0.6) is 0 Å². The van der Waals surface area contributed by atoms with Crippen molar-refractivity contribution in [2.75, 3.05) is 0 Å². The molecule has 0 fully saturated rings. The second-order valence-electron chi connectivity index (χ2n) is 7.10. The number of benzene rings is 3. The van der Waals surface area contributed by atoms with Gasteiger partial charge in [0.1, 0.15) is 5.82 Å². The van der Waals surface area contributed by atoms with E-state index >= 15 is 0 Å². The van der Waals surface area contributed by atoms with Crippen molar-refractivity contribution in [1.29, 1.82) is 0 Å². The van der Waals surface area contributed by atoms with Crippen LogP contribution in [0.1, 0.15) is 33.2 Å². The summed E-state index contributed by atoms with van der Waals surface area (Å²) in [7, 11) is 0. The number of aryl methyl sites for hydroxylation is 1. The lowest BCUT2D eigenvalue weighted by Gasteiger charge is -2.20. The Kier molecular flexibility index (Phi) is 5.34. The number of carbonyl (C=O) groups excluding carboxylic acids is 1. The predicted octanol–water partition coefficient (Wildman–Crippen LogP) is 5.40. The van der Waals surface area contributed by atoms with Gasteiger partial charge in [-0.25, -0.2) is 4.39 Å². The van der Waals surface area contributed by atoms with Crippen molar-refractivity contribution in [1.82, 2.24) is 10.3 Å². The highest BCUT2D eigenvalue weighted by Crippen LogP contribution is 2.23. The third-order valence-corrected chi connectivity index (χ3v) is 4.93. The van der Waals surface area contributed by atoms with Crippen LogP contribution < -0.4 is 5.32 Å². The van der Waals surface area contributed by atoms with E-state index in [1.165, 1.54) is 12.1 Å². The van der Waals surface area contributed by atoms with Crippen LogP contribution in [0.15, 0.2) is 84.9 Å². The van der Waals surface area contributed by atoms with Gasteiger partial charge in [0.15, 0.2) is 0 Å². The zero-order valence-corrected chi connectivity index (χ0v) is 16.1. The summed E-state index contributed by atoms with van der Waals surface area (Å²) in [5.41, 5.74) is 3.90. The highest BCUT2D eigenvalue weighted by atomic mass is 19.1. The molecule has 1 aromatic heterocycles. The summed E-state index contributed by atoms with van der Waals surface area (Å²) in [6.07, 6.45) is 0.660. The average molecular weight is 384 g/mol. The van der Waals surface area contributed by atoms with Crippen molar-refractivity contribution < 1.29 is 9.18 Å². The van der Waals surface area contributed by atoms with Gasteiger partial charge in [0.2, 0.25) is 0 Å². The Balaban J connectivity index is 1.70. The molecule has 1 unspecified atom stereocenters. The highest BCUT2D eigenvalue weighted by Gasteiger charge is 2.19. The van der Waals surface area contributed by atoms with Gasteiger partial charge in [-0.05, 0) is 48.7 Å². The smallest absolute Gasteiger partial charge is 0.252 e. The molecular formula is C25H21FN2O. The van der Waals surface area contributed by atoms with Gasteiger partial charge in [-0.1, -0.05) is 60.7 Å². The van der Waals surface area contributed by atoms with Gasteiger partial charge in [0.25, 0.3) is 5.91 Å². The van der Waals surface area contributed by atoms with Crippen molar-refractivity contribution >= 4 is 16.8 Å². The number of hydrogen-bond donors (Lipinski definition) is 1. The average Bonchev–Trinajstić information content (AvgIpc) is 2.74. The Bertz CT molecular complexity index is 1140. The van der Waals surface area contributed by atoms with Crippen molar-refractivity contribution in [3.05, 3.63) is 113 Å². The van der Waals surface area contributed by atoms with Gasteiger partial charge < -0.3 is 5.32 Å². The summed E-state index contributed by atoms with van der Waals surface area (Å²) in [5, 5.41) is 3.66. The van der Waals surface area contributed by atoms with E-state index in [1.54, 1.807) is 12.1 Å². The number of nitrogens with zero attached hydrogens (tertiary/aromatic N) is 1. The fourth-order valence-electron chi connectivity index (χ4n) is 3.54. The number of aromatic nitrogens is 1. The number of amides is 1. The molecule has 0 aliphatic heterocycles. The molecule has 0 aliphatic rings. The molecule has 3 aromatic carbocycles. The number of fused-ring (bicyclic) bond motifs is 1. The van der Waals surface area contributed by atoms with E-state index in [9.17, 15) is 9.18 Å². The first-order valence-corrected chi connectivity index (χ1v) is 9.57. The van der Waals surface area contributed by atoms with Gasteiger partial charge in [0, 0.05) is 11.1 Å². The summed E-state index contributed by atoms with van der Waals surface area (Å²) in [6.45, 7) is 1.83. The van der Waals surface area contributed by atoms with Gasteiger partial charge in [-0.3, -0.25) is 9.78 Å². The fourth-order valence-corrected chi connectivity index (χ4v) is 3.54. The van der Waals surface area contributed by atoms with Crippen LogP contribution in [0, 0.1) is 12.7 Å². The number of rotatable bonds is 5. The van der Waals surface area contributed by atoms with Gasteiger partial charge in [-0.2, -0.15) is 0 Å². The Hall–Kier alpha value is -3.53. The van der Waals surface area contributed by atoms with Crippen LogP contribution >= 0.6 is 0 Å². The standard InChI is InChI=1S/C25H21FN2O/c1-17-14-22(21-16-20(26)12-13-23(21)27-17)25(29)28-24(19-10-6-3-7-11-19)15-18-8-4-2-5-9-18/h2-14,16,24H,15H2,1H3,(H,28,29). The van der Waals surface area contributed by atoms with Gasteiger partial charge in [0.05, 0.1) is 17.1 Å². The van der Waals surface area contributed by atoms with Crippen LogP contribution in [0.2, 0.25) is 0 Å². The zero-order chi connectivity index (χ0) is 20.2. The van der Waals surface area contributed by atoms with Gasteiger partial charge >= 0.3 is 0 Å². The van der Waals surface area contributed by atoms with Gasteiger partial charge in [-0.15, -0.1) is 0 Å². The minimum Gasteiger partial charge on any atom is -0.345 e. The largest absolute Gasteiger partial charge is 0.345 e. The Morgan fingerprint density at radius 2 is 1.66 bits per heavy atom. The molecule has 4 aromatic rings. The molecule has 1 heterocycles. The molecule has 29 heavy (non-hydrogen) atoms. The third-order valence-electron chi connectivity index (χ3n) is 4.93. The van der Waals surface area contributed by atoms with E-state index in [0.717, 1.165) is 11.1 Å². The molecule has 3 nitrogen and oxygen atoms in total. The molecule has 144 valence electrons. The monoisotopic (exact) mass is 384 g/mol. The molecule has 1 amide bonds. The number of nitrogens with one attached hydrogen (secondary N) is 1. The number of hydrogen-bond acceptors (Lipinski definition) is 2. The molecule has 0 radical (unpaired) electrons. The maximum atomic E-state index is 13.8. The number of halogens is 1. The molecule has 1 atom stereocenters. The van der Waals surface area contributed by atoms with Crippen molar-refractivity contribution in [2.24, 2.45) is 0 Å². The molecule has 4 rings (SSSR count). The van der Waals surface area contributed by atoms with Crippen LogP contribution in [0.3, 0.4) is 0 Å². The Morgan fingerprint density at radius 3 is 2.38 bits per heavy atom. The fraction of sp³-hybridized carbons (Fsp3) is 0.120. The minimum absolute atomic E-state index is 0.205. The highest BCUT2D eigenvalue weighted by molar-refractivity contribution is 6.06. The lowest BCUT2D eigenvalue weighted by atomic mass is 9.98. The molecule has 0 bridgehead atoms. The van der Waals surface area contributed by atoms with E-state index < -0.39 is 0 Å². The number of carbonyl (C=O) groups is 1. The summed E-state index contributed by atoms with van der Waals surface area (Å²) in [5.74, 6) is -0.628. The first-order chi connectivity index (χ1) is 14.1. The molecule has 1 N–H and O–H groups in total. The zero-order valence-electron chi connectivity index (χ0n) is 16.1. The third kappa shape index (κ3) is 4.32. The first-order valence-electron chi connectivity index (χ1n) is 9.57. The molecule has 4 heteroatoms. The first kappa shape index (κ1) is 18.8. The van der Waals surface area contributed by atoms with E-state index in [4.69, 9.17) is 0 Å². The molecule has 0 aliphatic carbocycles. The minimum atomic E-state index is -0.388. The lowest BCUT2D eigenvalue weighted by molar-refractivity contribution is 0.0938. The topological polar surface area (TPSA) is 42.0 Å². The van der Waals surface area contributed by atoms with E-state index in [2.05, 4.69) is 10.3 Å². The maximum absolute atomic E-state index is 13.8. The van der Waals surface area contributed by atoms with E-state index in [-0.39, 0.29) is 17.8 Å². The summed E-state index contributed by atoms with van der Waals surface area (Å²) in [6, 6.07) is 25.8. The van der Waals surface area contributed by atoms with Crippen LogP contribution in [0.4, 0.5) is 4.39 Å². The second-order valence-corrected chi connectivity index (χ2v) is 7.10. The van der Waals surface area contributed by atoms with Crippen LogP contribution in [0.25, 0.3) is 10.9 Å². The Labute approximate surface area is 169 Å².